The summed E-state index contributed by atoms with van der Waals surface area (Å²) in [7, 11) is 0. The van der Waals surface area contributed by atoms with E-state index in [1.165, 1.54) is 0 Å². The third-order valence-electron chi connectivity index (χ3n) is 1.53. The highest BCUT2D eigenvalue weighted by Crippen LogP contribution is 2.01. The van der Waals surface area contributed by atoms with Crippen molar-refractivity contribution in [1.82, 2.24) is 0 Å². The van der Waals surface area contributed by atoms with Gasteiger partial charge in [0.2, 0.25) is 0 Å². The lowest BCUT2D eigenvalue weighted by atomic mass is 10.3. The SMILES string of the molecule is CCC(C)OC(=O)C([O])CC. The van der Waals surface area contributed by atoms with Crippen LogP contribution < -0.4 is 0 Å². The number of hydrogen-bond acceptors (Lipinski definition) is 2. The minimum atomic E-state index is -1.20. The lowest BCUT2D eigenvalue weighted by Gasteiger charge is -2.11. The fraction of sp³-hybridized carbons (Fsp3) is 0.875. The maximum Gasteiger partial charge on any atom is 0.338 e. The molecule has 0 aromatic carbocycles. The highest BCUT2D eigenvalue weighted by atomic mass is 16.6. The van der Waals surface area contributed by atoms with E-state index in [-0.39, 0.29) is 6.10 Å². The van der Waals surface area contributed by atoms with Crippen molar-refractivity contribution in [3.63, 3.8) is 0 Å². The molecule has 0 amide bonds. The van der Waals surface area contributed by atoms with E-state index in [1.807, 2.05) is 6.92 Å². The molecule has 0 saturated heterocycles. The van der Waals surface area contributed by atoms with Crippen LogP contribution in [0, 0.1) is 0 Å². The molecular weight excluding hydrogens is 144 g/mol. The lowest BCUT2D eigenvalue weighted by molar-refractivity contribution is -0.162. The van der Waals surface area contributed by atoms with Crippen molar-refractivity contribution in [1.29, 1.82) is 0 Å². The first-order chi connectivity index (χ1) is 5.11. The van der Waals surface area contributed by atoms with Crippen LogP contribution in [0.25, 0.3) is 0 Å². The van der Waals surface area contributed by atoms with Gasteiger partial charge in [-0.15, -0.1) is 0 Å². The van der Waals surface area contributed by atoms with Gasteiger partial charge in [0.25, 0.3) is 0 Å². The van der Waals surface area contributed by atoms with Gasteiger partial charge in [0.05, 0.1) is 6.10 Å². The Kier molecular flexibility index (Phi) is 4.86. The molecule has 0 N–H and O–H groups in total. The Labute approximate surface area is 67.4 Å². The summed E-state index contributed by atoms with van der Waals surface area (Å²) in [5.74, 6) is -0.623. The second kappa shape index (κ2) is 5.13. The molecule has 0 saturated carbocycles. The summed E-state index contributed by atoms with van der Waals surface area (Å²) in [6, 6.07) is 0. The fourth-order valence-electron chi connectivity index (χ4n) is 0.524. The number of carbonyl (C=O) groups excluding carboxylic acids is 1. The van der Waals surface area contributed by atoms with Crippen molar-refractivity contribution >= 4 is 5.97 Å². The molecule has 1 radical (unpaired) electrons. The summed E-state index contributed by atoms with van der Waals surface area (Å²) < 4.78 is 4.80. The van der Waals surface area contributed by atoms with Crippen LogP contribution in [0.2, 0.25) is 0 Å². The van der Waals surface area contributed by atoms with E-state index < -0.39 is 12.1 Å². The van der Waals surface area contributed by atoms with Crippen LogP contribution >= 0.6 is 0 Å². The van der Waals surface area contributed by atoms with Gasteiger partial charge in [0, 0.05) is 0 Å². The molecule has 2 atom stereocenters. The Bertz CT molecular complexity index is 123. The molecule has 0 aromatic heterocycles. The molecule has 2 unspecified atom stereocenters. The van der Waals surface area contributed by atoms with Crippen LogP contribution in [0.4, 0.5) is 0 Å². The number of esters is 1. The first-order valence-corrected chi connectivity index (χ1v) is 3.98. The van der Waals surface area contributed by atoms with Crippen molar-refractivity contribution in [3.05, 3.63) is 0 Å². The van der Waals surface area contributed by atoms with Gasteiger partial charge in [-0.05, 0) is 19.8 Å². The van der Waals surface area contributed by atoms with Crippen LogP contribution in [-0.2, 0) is 14.6 Å². The van der Waals surface area contributed by atoms with Crippen LogP contribution in [0.1, 0.15) is 33.6 Å². The summed E-state index contributed by atoms with van der Waals surface area (Å²) in [5, 5.41) is 10.8. The number of rotatable bonds is 4. The smallest absolute Gasteiger partial charge is 0.338 e. The summed E-state index contributed by atoms with van der Waals surface area (Å²) in [4.78, 5) is 10.8. The van der Waals surface area contributed by atoms with Gasteiger partial charge < -0.3 is 4.74 Å². The molecule has 65 valence electrons. The maximum absolute atomic E-state index is 10.8. The van der Waals surface area contributed by atoms with Gasteiger partial charge in [-0.2, -0.15) is 0 Å². The standard InChI is InChI=1S/C8H15O3/c1-4-6(3)11-8(10)7(9)5-2/h6-7H,4-5H2,1-3H3. The zero-order valence-electron chi connectivity index (χ0n) is 7.29. The predicted octanol–water partition coefficient (Wildman–Crippen LogP) is 1.54. The predicted molar refractivity (Wildman–Crippen MR) is 40.6 cm³/mol. The summed E-state index contributed by atoms with van der Waals surface area (Å²) in [5.41, 5.74) is 0. The Balaban J connectivity index is 3.68. The molecule has 3 nitrogen and oxygen atoms in total. The van der Waals surface area contributed by atoms with Gasteiger partial charge in [0.1, 0.15) is 0 Å². The minimum Gasteiger partial charge on any atom is -0.461 e. The lowest BCUT2D eigenvalue weighted by Crippen LogP contribution is -2.24. The van der Waals surface area contributed by atoms with E-state index in [0.717, 1.165) is 6.42 Å². The molecule has 3 heteroatoms. The molecule has 0 heterocycles. The summed E-state index contributed by atoms with van der Waals surface area (Å²) in [6.07, 6.45) is -0.285. The highest BCUT2D eigenvalue weighted by molar-refractivity contribution is 5.74. The second-order valence-corrected chi connectivity index (χ2v) is 2.55. The zero-order valence-corrected chi connectivity index (χ0v) is 7.29. The molecular formula is C8H15O3. The molecule has 0 aromatic rings. The van der Waals surface area contributed by atoms with Gasteiger partial charge in [0.15, 0.2) is 6.10 Å². The fourth-order valence-corrected chi connectivity index (χ4v) is 0.524. The number of carbonyl (C=O) groups is 1. The molecule has 0 aliphatic carbocycles. The van der Waals surface area contributed by atoms with Crippen molar-refractivity contribution in [2.75, 3.05) is 0 Å². The van der Waals surface area contributed by atoms with Gasteiger partial charge >= 0.3 is 5.97 Å². The van der Waals surface area contributed by atoms with Gasteiger partial charge in [-0.3, -0.25) is 0 Å². The monoisotopic (exact) mass is 159 g/mol. The Morgan fingerprint density at radius 1 is 1.36 bits per heavy atom. The van der Waals surface area contributed by atoms with E-state index in [0.29, 0.717) is 6.42 Å². The van der Waals surface area contributed by atoms with E-state index in [1.54, 1.807) is 13.8 Å². The first kappa shape index (κ1) is 10.4. The van der Waals surface area contributed by atoms with E-state index >= 15 is 0 Å². The van der Waals surface area contributed by atoms with Crippen LogP contribution in [-0.4, -0.2) is 18.2 Å². The Hall–Kier alpha value is -0.570. The van der Waals surface area contributed by atoms with Crippen LogP contribution in [0.3, 0.4) is 0 Å². The van der Waals surface area contributed by atoms with Crippen LogP contribution in [0.5, 0.6) is 0 Å². The molecule has 0 rings (SSSR count). The first-order valence-electron chi connectivity index (χ1n) is 3.98. The van der Waals surface area contributed by atoms with Gasteiger partial charge in [-0.25, -0.2) is 9.90 Å². The van der Waals surface area contributed by atoms with Crippen molar-refractivity contribution in [2.45, 2.75) is 45.8 Å². The Morgan fingerprint density at radius 2 is 1.91 bits per heavy atom. The summed E-state index contributed by atoms with van der Waals surface area (Å²) in [6.45, 7) is 5.36. The van der Waals surface area contributed by atoms with Crippen molar-refractivity contribution in [2.24, 2.45) is 0 Å². The van der Waals surface area contributed by atoms with Gasteiger partial charge in [-0.1, -0.05) is 13.8 Å². The minimum absolute atomic E-state index is 0.134. The molecule has 0 spiro atoms. The quantitative estimate of drug-likeness (QED) is 0.584. The molecule has 0 fully saturated rings. The van der Waals surface area contributed by atoms with Crippen molar-refractivity contribution < 1.29 is 14.6 Å². The maximum atomic E-state index is 10.8. The molecule has 0 aliphatic rings. The Morgan fingerprint density at radius 3 is 2.27 bits per heavy atom. The largest absolute Gasteiger partial charge is 0.461 e. The normalized spacial score (nSPS) is 15.6. The zero-order chi connectivity index (χ0) is 8.85. The third-order valence-corrected chi connectivity index (χ3v) is 1.53. The topological polar surface area (TPSA) is 46.2 Å². The molecule has 0 aliphatic heterocycles. The number of ether oxygens (including phenoxy) is 1. The summed E-state index contributed by atoms with van der Waals surface area (Å²) >= 11 is 0. The average Bonchev–Trinajstić information content (AvgIpc) is 2.02. The van der Waals surface area contributed by atoms with E-state index in [2.05, 4.69) is 0 Å². The van der Waals surface area contributed by atoms with E-state index in [9.17, 15) is 9.90 Å². The highest BCUT2D eigenvalue weighted by Gasteiger charge is 2.17. The number of hydrogen-bond donors (Lipinski definition) is 0. The second-order valence-electron chi connectivity index (χ2n) is 2.55. The van der Waals surface area contributed by atoms with Crippen LogP contribution in [0.15, 0.2) is 0 Å². The molecule has 0 bridgehead atoms. The van der Waals surface area contributed by atoms with Crippen molar-refractivity contribution in [3.8, 4) is 0 Å². The third kappa shape index (κ3) is 3.98. The van der Waals surface area contributed by atoms with E-state index in [4.69, 9.17) is 4.74 Å². The average molecular weight is 159 g/mol. The molecule has 11 heavy (non-hydrogen) atoms.